The number of nitrogens with zero attached hydrogens (tertiary/aromatic N) is 2. The normalized spacial score (nSPS) is 27.3. The van der Waals surface area contributed by atoms with Crippen molar-refractivity contribution in [3.05, 3.63) is 29.8 Å². The Morgan fingerprint density at radius 3 is 2.23 bits per heavy atom. The topological polar surface area (TPSA) is 57.7 Å². The van der Waals surface area contributed by atoms with Gasteiger partial charge in [0.05, 0.1) is 4.90 Å². The van der Waals surface area contributed by atoms with Crippen molar-refractivity contribution < 1.29 is 13.2 Å². The van der Waals surface area contributed by atoms with Gasteiger partial charge in [0.2, 0.25) is 10.0 Å². The zero-order valence-electron chi connectivity index (χ0n) is 15.3. The van der Waals surface area contributed by atoms with E-state index in [1.54, 1.807) is 28.6 Å². The van der Waals surface area contributed by atoms with Gasteiger partial charge < -0.3 is 4.90 Å². The average molecular weight is 377 g/mol. The summed E-state index contributed by atoms with van der Waals surface area (Å²) in [7, 11) is -3.42. The zero-order chi connectivity index (χ0) is 18.1. The minimum Gasteiger partial charge on any atom is -0.335 e. The van der Waals surface area contributed by atoms with Gasteiger partial charge in [-0.15, -0.1) is 0 Å². The van der Waals surface area contributed by atoms with E-state index in [9.17, 15) is 13.2 Å². The van der Waals surface area contributed by atoms with Gasteiger partial charge in [-0.1, -0.05) is 12.8 Å². The van der Waals surface area contributed by atoms with E-state index in [2.05, 4.69) is 4.90 Å². The summed E-state index contributed by atoms with van der Waals surface area (Å²) in [4.78, 5) is 15.4. The Kier molecular flexibility index (Phi) is 5.06. The SMILES string of the molecule is O=C(c1ccc(S(=O)(=O)N2CCCC2)cc1)N1CCC[C@H]2CCCC[C@@H]21. The van der Waals surface area contributed by atoms with Gasteiger partial charge in [-0.2, -0.15) is 4.31 Å². The van der Waals surface area contributed by atoms with Gasteiger partial charge >= 0.3 is 0 Å². The Bertz CT molecular complexity index is 752. The molecule has 3 fully saturated rings. The number of hydrogen-bond acceptors (Lipinski definition) is 3. The van der Waals surface area contributed by atoms with Crippen LogP contribution in [0.3, 0.4) is 0 Å². The van der Waals surface area contributed by atoms with Crippen molar-refractivity contribution in [1.29, 1.82) is 0 Å². The molecule has 4 rings (SSSR count). The average Bonchev–Trinajstić information content (AvgIpc) is 3.23. The summed E-state index contributed by atoms with van der Waals surface area (Å²) in [6.45, 7) is 2.02. The van der Waals surface area contributed by atoms with Crippen LogP contribution in [-0.4, -0.2) is 49.2 Å². The van der Waals surface area contributed by atoms with Crippen LogP contribution < -0.4 is 0 Å². The van der Waals surface area contributed by atoms with Gasteiger partial charge in [-0.25, -0.2) is 8.42 Å². The molecular formula is C20H28N2O3S. The molecule has 26 heavy (non-hydrogen) atoms. The van der Waals surface area contributed by atoms with E-state index in [1.165, 1.54) is 25.7 Å². The van der Waals surface area contributed by atoms with Crippen LogP contribution in [0.4, 0.5) is 0 Å². The molecule has 5 nitrogen and oxygen atoms in total. The van der Waals surface area contributed by atoms with E-state index in [0.29, 0.717) is 35.5 Å². The van der Waals surface area contributed by atoms with E-state index < -0.39 is 10.0 Å². The zero-order valence-corrected chi connectivity index (χ0v) is 16.1. The molecule has 1 aromatic carbocycles. The number of sulfonamides is 1. The molecule has 2 atom stereocenters. The number of hydrogen-bond donors (Lipinski definition) is 0. The Hall–Kier alpha value is -1.40. The fourth-order valence-corrected chi connectivity index (χ4v) is 6.41. The Labute approximate surface area is 156 Å². The summed E-state index contributed by atoms with van der Waals surface area (Å²) in [5.74, 6) is 0.711. The van der Waals surface area contributed by atoms with Gasteiger partial charge in [0.15, 0.2) is 0 Å². The Balaban J connectivity index is 1.52. The first-order valence-electron chi connectivity index (χ1n) is 9.98. The molecule has 1 aromatic rings. The molecule has 1 aliphatic carbocycles. The second-order valence-electron chi connectivity index (χ2n) is 7.89. The monoisotopic (exact) mass is 376 g/mol. The number of fused-ring (bicyclic) bond motifs is 1. The van der Waals surface area contributed by atoms with Crippen LogP contribution in [0.5, 0.6) is 0 Å². The number of benzene rings is 1. The van der Waals surface area contributed by atoms with Crippen molar-refractivity contribution in [3.8, 4) is 0 Å². The van der Waals surface area contributed by atoms with Crippen LogP contribution >= 0.6 is 0 Å². The maximum Gasteiger partial charge on any atom is 0.254 e. The molecule has 6 heteroatoms. The second kappa shape index (κ2) is 7.31. The lowest BCUT2D eigenvalue weighted by Gasteiger charge is -2.44. The highest BCUT2D eigenvalue weighted by Crippen LogP contribution is 2.36. The van der Waals surface area contributed by atoms with Gasteiger partial charge in [0.25, 0.3) is 5.91 Å². The van der Waals surface area contributed by atoms with Crippen molar-refractivity contribution in [2.24, 2.45) is 5.92 Å². The highest BCUT2D eigenvalue weighted by Gasteiger charge is 2.36. The third-order valence-corrected chi connectivity index (χ3v) is 8.22. The van der Waals surface area contributed by atoms with E-state index in [-0.39, 0.29) is 5.91 Å². The molecule has 0 bridgehead atoms. The van der Waals surface area contributed by atoms with Gasteiger partial charge in [0, 0.05) is 31.2 Å². The standard InChI is InChI=1S/C20H28N2O3S/c23-20(22-15-5-7-16-6-1-2-8-19(16)22)17-9-11-18(12-10-17)26(24,25)21-13-3-4-14-21/h9-12,16,19H,1-8,13-15H2/t16-,19+/m1/s1. The van der Waals surface area contributed by atoms with E-state index >= 15 is 0 Å². The molecule has 2 heterocycles. The molecule has 0 aromatic heterocycles. The number of piperidine rings is 1. The largest absolute Gasteiger partial charge is 0.335 e. The highest BCUT2D eigenvalue weighted by atomic mass is 32.2. The van der Waals surface area contributed by atoms with Crippen LogP contribution in [0.2, 0.25) is 0 Å². The minimum atomic E-state index is -3.42. The quantitative estimate of drug-likeness (QED) is 0.813. The predicted molar refractivity (Wildman–Crippen MR) is 100 cm³/mol. The van der Waals surface area contributed by atoms with Crippen LogP contribution in [0.15, 0.2) is 29.2 Å². The number of amides is 1. The summed E-state index contributed by atoms with van der Waals surface area (Å²) < 4.78 is 26.8. The van der Waals surface area contributed by atoms with Crippen molar-refractivity contribution >= 4 is 15.9 Å². The van der Waals surface area contributed by atoms with E-state index in [0.717, 1.165) is 32.2 Å². The molecule has 0 unspecified atom stereocenters. The lowest BCUT2D eigenvalue weighted by molar-refractivity contribution is 0.0390. The van der Waals surface area contributed by atoms with Crippen molar-refractivity contribution in [3.63, 3.8) is 0 Å². The van der Waals surface area contributed by atoms with Crippen LogP contribution in [0, 0.1) is 5.92 Å². The van der Waals surface area contributed by atoms with Crippen LogP contribution in [-0.2, 0) is 10.0 Å². The number of likely N-dealkylation sites (tertiary alicyclic amines) is 1. The first-order valence-corrected chi connectivity index (χ1v) is 11.4. The summed E-state index contributed by atoms with van der Waals surface area (Å²) in [6.07, 6.45) is 9.00. The molecule has 0 spiro atoms. The van der Waals surface area contributed by atoms with E-state index in [1.807, 2.05) is 0 Å². The van der Waals surface area contributed by atoms with Crippen molar-refractivity contribution in [2.75, 3.05) is 19.6 Å². The van der Waals surface area contributed by atoms with Gasteiger partial charge in [-0.3, -0.25) is 4.79 Å². The summed E-state index contributed by atoms with van der Waals surface area (Å²) in [5, 5.41) is 0. The maximum absolute atomic E-state index is 13.0. The fourth-order valence-electron chi connectivity index (χ4n) is 4.89. The maximum atomic E-state index is 13.0. The van der Waals surface area contributed by atoms with Crippen LogP contribution in [0.25, 0.3) is 0 Å². The summed E-state index contributed by atoms with van der Waals surface area (Å²) in [6, 6.07) is 6.96. The first-order chi connectivity index (χ1) is 12.6. The third-order valence-electron chi connectivity index (χ3n) is 6.31. The molecule has 142 valence electrons. The van der Waals surface area contributed by atoms with Crippen LogP contribution in [0.1, 0.15) is 61.7 Å². The molecule has 0 radical (unpaired) electrons. The lowest BCUT2D eigenvalue weighted by Crippen LogP contribution is -2.49. The van der Waals surface area contributed by atoms with Crippen molar-refractivity contribution in [2.45, 2.75) is 62.3 Å². The van der Waals surface area contributed by atoms with E-state index in [4.69, 9.17) is 0 Å². The minimum absolute atomic E-state index is 0.0618. The first kappa shape index (κ1) is 18.0. The van der Waals surface area contributed by atoms with Gasteiger partial charge in [-0.05, 0) is 68.7 Å². The number of rotatable bonds is 3. The molecule has 2 saturated heterocycles. The number of carbonyl (C=O) groups excluding carboxylic acids is 1. The second-order valence-corrected chi connectivity index (χ2v) is 9.83. The molecule has 0 N–H and O–H groups in total. The molecule has 1 saturated carbocycles. The van der Waals surface area contributed by atoms with Crippen molar-refractivity contribution in [1.82, 2.24) is 9.21 Å². The van der Waals surface area contributed by atoms with Gasteiger partial charge in [0.1, 0.15) is 0 Å². The summed E-state index contributed by atoms with van der Waals surface area (Å²) in [5.41, 5.74) is 0.608. The predicted octanol–water partition coefficient (Wildman–Crippen LogP) is 3.27. The fraction of sp³-hybridized carbons (Fsp3) is 0.650. The lowest BCUT2D eigenvalue weighted by atomic mass is 9.78. The molecule has 2 aliphatic heterocycles. The molecular weight excluding hydrogens is 348 g/mol. The third kappa shape index (κ3) is 3.29. The molecule has 3 aliphatic rings. The smallest absolute Gasteiger partial charge is 0.254 e. The Morgan fingerprint density at radius 2 is 1.50 bits per heavy atom. The molecule has 1 amide bonds. The Morgan fingerprint density at radius 1 is 0.846 bits per heavy atom. The number of carbonyl (C=O) groups is 1. The summed E-state index contributed by atoms with van der Waals surface area (Å²) >= 11 is 0. The highest BCUT2D eigenvalue weighted by molar-refractivity contribution is 7.89.